The van der Waals surface area contributed by atoms with Crippen LogP contribution in [0.3, 0.4) is 0 Å². The lowest BCUT2D eigenvalue weighted by Crippen LogP contribution is -2.31. The third kappa shape index (κ3) is 4.90. The largest absolute Gasteiger partial charge is 0.450 e. The van der Waals surface area contributed by atoms with Crippen molar-refractivity contribution >= 4 is 63.1 Å². The fraction of sp³-hybridized carbons (Fsp3) is 0.0800. The highest BCUT2D eigenvalue weighted by molar-refractivity contribution is 6.37. The highest BCUT2D eigenvalue weighted by Crippen LogP contribution is 2.35. The van der Waals surface area contributed by atoms with Crippen molar-refractivity contribution in [2.24, 2.45) is 0 Å². The van der Waals surface area contributed by atoms with Crippen molar-refractivity contribution in [2.45, 2.75) is 6.92 Å². The Labute approximate surface area is 204 Å². The number of benzene rings is 3. The van der Waals surface area contributed by atoms with E-state index in [9.17, 15) is 14.4 Å². The quantitative estimate of drug-likeness (QED) is 0.314. The Balaban J connectivity index is 1.63. The average Bonchev–Trinajstić information content (AvgIpc) is 3.13. The Morgan fingerprint density at radius 1 is 0.971 bits per heavy atom. The van der Waals surface area contributed by atoms with Crippen molar-refractivity contribution in [3.63, 3.8) is 0 Å². The number of rotatable bonds is 6. The van der Waals surface area contributed by atoms with E-state index in [0.717, 1.165) is 11.1 Å². The zero-order valence-corrected chi connectivity index (χ0v) is 19.5. The molecule has 0 spiro atoms. The normalized spacial score (nSPS) is 10.8. The number of anilines is 2. The third-order valence-electron chi connectivity index (χ3n) is 5.09. The summed E-state index contributed by atoms with van der Waals surface area (Å²) in [7, 11) is 0. The lowest BCUT2D eigenvalue weighted by molar-refractivity contribution is -0.122. The predicted octanol–water partition coefficient (Wildman–Crippen LogP) is 5.29. The van der Waals surface area contributed by atoms with Crippen LogP contribution in [0.25, 0.3) is 22.1 Å². The molecule has 4 aromatic rings. The van der Waals surface area contributed by atoms with Crippen LogP contribution in [0.15, 0.2) is 65.1 Å². The van der Waals surface area contributed by atoms with Gasteiger partial charge in [0.25, 0.3) is 0 Å². The second-order valence-corrected chi connectivity index (χ2v) is 8.39. The van der Waals surface area contributed by atoms with Gasteiger partial charge in [0.15, 0.2) is 5.76 Å². The molecule has 0 unspecified atom stereocenters. The lowest BCUT2D eigenvalue weighted by Gasteiger charge is -2.08. The van der Waals surface area contributed by atoms with Crippen LogP contribution in [-0.2, 0) is 9.59 Å². The summed E-state index contributed by atoms with van der Waals surface area (Å²) in [6.45, 7) is 1.22. The highest BCUT2D eigenvalue weighted by atomic mass is 35.5. The van der Waals surface area contributed by atoms with Crippen molar-refractivity contribution in [2.75, 3.05) is 17.6 Å². The lowest BCUT2D eigenvalue weighted by atomic mass is 10.0. The third-order valence-corrected chi connectivity index (χ3v) is 5.64. The SMILES string of the molecule is CC(=O)NCC(=O)Nc1cccc(-c2ccc3c(N)c(C(=O)c4ccc(Cl)cc4Cl)oc3c2)c1. The van der Waals surface area contributed by atoms with E-state index in [-0.39, 0.29) is 40.4 Å². The fourth-order valence-electron chi connectivity index (χ4n) is 3.45. The molecule has 1 aromatic heterocycles. The molecule has 0 radical (unpaired) electrons. The van der Waals surface area contributed by atoms with Gasteiger partial charge in [0.2, 0.25) is 17.6 Å². The molecule has 0 atom stereocenters. The van der Waals surface area contributed by atoms with Crippen molar-refractivity contribution < 1.29 is 18.8 Å². The maximum Gasteiger partial charge on any atom is 0.243 e. The number of amides is 2. The molecule has 4 rings (SSSR count). The molecule has 0 aliphatic heterocycles. The van der Waals surface area contributed by atoms with Gasteiger partial charge in [-0.3, -0.25) is 14.4 Å². The molecule has 34 heavy (non-hydrogen) atoms. The van der Waals surface area contributed by atoms with Gasteiger partial charge in [0, 0.05) is 28.6 Å². The molecule has 3 aromatic carbocycles. The summed E-state index contributed by atoms with van der Waals surface area (Å²) < 4.78 is 5.84. The van der Waals surface area contributed by atoms with Gasteiger partial charge in [0.05, 0.1) is 17.3 Å². The van der Waals surface area contributed by atoms with Crippen LogP contribution in [0, 0.1) is 0 Å². The number of furan rings is 1. The number of hydrogen-bond donors (Lipinski definition) is 3. The smallest absolute Gasteiger partial charge is 0.243 e. The van der Waals surface area contributed by atoms with Gasteiger partial charge in [-0.15, -0.1) is 0 Å². The summed E-state index contributed by atoms with van der Waals surface area (Å²) in [5, 5.41) is 6.40. The number of nitrogen functional groups attached to an aromatic ring is 1. The van der Waals surface area contributed by atoms with Gasteiger partial charge in [-0.1, -0.05) is 41.4 Å². The number of carbonyl (C=O) groups excluding carboxylic acids is 3. The maximum absolute atomic E-state index is 13.0. The second-order valence-electron chi connectivity index (χ2n) is 7.55. The predicted molar refractivity (Wildman–Crippen MR) is 133 cm³/mol. The molecule has 4 N–H and O–H groups in total. The zero-order chi connectivity index (χ0) is 24.4. The molecule has 2 amide bonds. The number of hydrogen-bond acceptors (Lipinski definition) is 5. The Hall–Kier alpha value is -3.81. The number of nitrogens with two attached hydrogens (primary N) is 1. The van der Waals surface area contributed by atoms with E-state index in [4.69, 9.17) is 33.4 Å². The maximum atomic E-state index is 13.0. The van der Waals surface area contributed by atoms with Gasteiger partial charge in [-0.05, 0) is 53.6 Å². The molecule has 0 aliphatic carbocycles. The second kappa shape index (κ2) is 9.59. The van der Waals surface area contributed by atoms with Crippen LogP contribution in [0.2, 0.25) is 10.0 Å². The van der Waals surface area contributed by atoms with Crippen LogP contribution in [0.1, 0.15) is 23.0 Å². The molecule has 0 aliphatic rings. The van der Waals surface area contributed by atoms with E-state index in [1.165, 1.54) is 19.1 Å². The van der Waals surface area contributed by atoms with Crippen molar-refractivity contribution in [1.82, 2.24) is 5.32 Å². The van der Waals surface area contributed by atoms with Crippen LogP contribution < -0.4 is 16.4 Å². The first-order chi connectivity index (χ1) is 16.2. The highest BCUT2D eigenvalue weighted by Gasteiger charge is 2.22. The van der Waals surface area contributed by atoms with E-state index in [0.29, 0.717) is 21.7 Å². The molecule has 0 saturated carbocycles. The minimum atomic E-state index is -0.444. The standard InChI is InChI=1S/C25H19Cl2N3O4/c1-13(31)29-12-22(32)30-17-4-2-3-14(9-17)15-5-7-19-21(10-15)34-25(23(19)28)24(33)18-8-6-16(26)11-20(18)27/h2-11H,12,28H2,1H3,(H,29,31)(H,30,32). The van der Waals surface area contributed by atoms with Gasteiger partial charge < -0.3 is 20.8 Å². The van der Waals surface area contributed by atoms with Crippen molar-refractivity contribution in [3.8, 4) is 11.1 Å². The Kier molecular flexibility index (Phi) is 6.58. The van der Waals surface area contributed by atoms with E-state index < -0.39 is 5.78 Å². The molecule has 172 valence electrons. The van der Waals surface area contributed by atoms with E-state index >= 15 is 0 Å². The zero-order valence-electron chi connectivity index (χ0n) is 17.9. The first-order valence-corrected chi connectivity index (χ1v) is 10.9. The number of ketones is 1. The topological polar surface area (TPSA) is 114 Å². The van der Waals surface area contributed by atoms with Crippen LogP contribution in [0.4, 0.5) is 11.4 Å². The average molecular weight is 496 g/mol. The van der Waals surface area contributed by atoms with Crippen LogP contribution in [0.5, 0.6) is 0 Å². The summed E-state index contributed by atoms with van der Waals surface area (Å²) in [4.78, 5) is 36.0. The van der Waals surface area contributed by atoms with E-state index in [1.807, 2.05) is 12.1 Å². The van der Waals surface area contributed by atoms with Gasteiger partial charge >= 0.3 is 0 Å². The summed E-state index contributed by atoms with van der Waals surface area (Å²) >= 11 is 12.1. The Morgan fingerprint density at radius 2 is 1.74 bits per heavy atom. The molecule has 1 heterocycles. The van der Waals surface area contributed by atoms with Crippen LogP contribution >= 0.6 is 23.2 Å². The minimum absolute atomic E-state index is 0.00430. The summed E-state index contributed by atoms with van der Waals surface area (Å²) in [5.41, 5.74) is 9.27. The Bertz CT molecular complexity index is 1450. The number of fused-ring (bicyclic) bond motifs is 1. The number of halogens is 2. The summed E-state index contributed by atoms with van der Waals surface area (Å²) in [6.07, 6.45) is 0. The molecule has 0 bridgehead atoms. The molecule has 0 fully saturated rings. The van der Waals surface area contributed by atoms with Crippen LogP contribution in [-0.4, -0.2) is 24.1 Å². The molecular weight excluding hydrogens is 477 g/mol. The minimum Gasteiger partial charge on any atom is -0.450 e. The van der Waals surface area contributed by atoms with E-state index in [1.54, 1.807) is 36.4 Å². The fourth-order valence-corrected chi connectivity index (χ4v) is 3.94. The Morgan fingerprint density at radius 3 is 2.47 bits per heavy atom. The monoisotopic (exact) mass is 495 g/mol. The molecular formula is C25H19Cl2N3O4. The number of nitrogens with one attached hydrogen (secondary N) is 2. The summed E-state index contributed by atoms with van der Waals surface area (Å²) in [5.74, 6) is -1.08. The van der Waals surface area contributed by atoms with Gasteiger partial charge in [0.1, 0.15) is 5.58 Å². The van der Waals surface area contributed by atoms with Crippen molar-refractivity contribution in [3.05, 3.63) is 82.0 Å². The first kappa shape index (κ1) is 23.4. The molecule has 9 heteroatoms. The first-order valence-electron chi connectivity index (χ1n) is 10.2. The van der Waals surface area contributed by atoms with Gasteiger partial charge in [-0.2, -0.15) is 0 Å². The summed E-state index contributed by atoms with van der Waals surface area (Å²) in [6, 6.07) is 17.2. The van der Waals surface area contributed by atoms with Gasteiger partial charge in [-0.25, -0.2) is 0 Å². The molecule has 7 nitrogen and oxygen atoms in total. The van der Waals surface area contributed by atoms with Crippen molar-refractivity contribution in [1.29, 1.82) is 0 Å². The molecule has 0 saturated heterocycles. The number of carbonyl (C=O) groups is 3. The van der Waals surface area contributed by atoms with E-state index in [2.05, 4.69) is 10.6 Å².